The number of nitrogens with zero attached hydrogens (tertiary/aromatic N) is 1. The van der Waals surface area contributed by atoms with Gasteiger partial charge in [-0.05, 0) is 26.0 Å². The highest BCUT2D eigenvalue weighted by Crippen LogP contribution is 2.13. The number of hydrogen-bond acceptors (Lipinski definition) is 5. The molecule has 1 N–H and O–H groups in total. The van der Waals surface area contributed by atoms with Crippen LogP contribution in [0.1, 0.15) is 25.6 Å². The summed E-state index contributed by atoms with van der Waals surface area (Å²) >= 11 is 0. The van der Waals surface area contributed by atoms with Crippen molar-refractivity contribution in [2.45, 2.75) is 25.9 Å². The van der Waals surface area contributed by atoms with Crippen molar-refractivity contribution in [1.82, 2.24) is 10.2 Å². The second-order valence-corrected chi connectivity index (χ2v) is 7.42. The third kappa shape index (κ3) is 4.06. The highest BCUT2D eigenvalue weighted by Gasteiger charge is 2.27. The Hall–Kier alpha value is -0.850. The lowest BCUT2D eigenvalue weighted by Gasteiger charge is -2.33. The summed E-state index contributed by atoms with van der Waals surface area (Å²) in [4.78, 5) is 2.23. The third-order valence-corrected chi connectivity index (χ3v) is 5.42. The number of rotatable bonds is 5. The van der Waals surface area contributed by atoms with Gasteiger partial charge < -0.3 is 9.73 Å². The van der Waals surface area contributed by atoms with Gasteiger partial charge in [0.25, 0.3) is 0 Å². The van der Waals surface area contributed by atoms with Gasteiger partial charge in [0.1, 0.15) is 5.76 Å². The van der Waals surface area contributed by atoms with Crippen LogP contribution in [0, 0.1) is 0 Å². The molecule has 2 heterocycles. The van der Waals surface area contributed by atoms with Crippen LogP contribution in [0.4, 0.5) is 0 Å². The van der Waals surface area contributed by atoms with Gasteiger partial charge in [-0.1, -0.05) is 0 Å². The largest absolute Gasteiger partial charge is 0.468 e. The topological polar surface area (TPSA) is 62.6 Å². The quantitative estimate of drug-likeness (QED) is 0.876. The maximum atomic E-state index is 11.5. The van der Waals surface area contributed by atoms with Crippen molar-refractivity contribution in [2.75, 3.05) is 31.1 Å². The van der Waals surface area contributed by atoms with Gasteiger partial charge >= 0.3 is 0 Å². The smallest absolute Gasteiger partial charge is 0.153 e. The normalized spacial score (nSPS) is 25.3. The molecule has 1 aromatic rings. The minimum atomic E-state index is -2.82. The van der Waals surface area contributed by atoms with E-state index in [4.69, 9.17) is 4.42 Å². The Kier molecular flexibility index (Phi) is 4.65. The SMILES string of the molecule is CC(NCCN1CCS(=O)(=O)CC1C)c1ccco1. The summed E-state index contributed by atoms with van der Waals surface area (Å²) in [6.45, 7) is 6.36. The average molecular weight is 286 g/mol. The van der Waals surface area contributed by atoms with E-state index < -0.39 is 9.84 Å². The Morgan fingerprint density at radius 1 is 1.58 bits per heavy atom. The van der Waals surface area contributed by atoms with E-state index in [0.29, 0.717) is 6.54 Å². The molecule has 5 nitrogen and oxygen atoms in total. The molecule has 0 aromatic carbocycles. The van der Waals surface area contributed by atoms with E-state index in [9.17, 15) is 8.42 Å². The predicted octanol–water partition coefficient (Wildman–Crippen LogP) is 1.05. The van der Waals surface area contributed by atoms with Crippen LogP contribution in [0.2, 0.25) is 0 Å². The zero-order valence-electron chi connectivity index (χ0n) is 11.5. The van der Waals surface area contributed by atoms with Crippen LogP contribution in [0.5, 0.6) is 0 Å². The molecule has 6 heteroatoms. The summed E-state index contributed by atoms with van der Waals surface area (Å²) in [7, 11) is -2.82. The fourth-order valence-electron chi connectivity index (χ4n) is 2.43. The molecule has 1 aromatic heterocycles. The van der Waals surface area contributed by atoms with Crippen LogP contribution < -0.4 is 5.32 Å². The van der Waals surface area contributed by atoms with E-state index in [1.165, 1.54) is 0 Å². The second-order valence-electron chi connectivity index (χ2n) is 5.19. The monoisotopic (exact) mass is 286 g/mol. The Bertz CT molecular complexity index is 484. The van der Waals surface area contributed by atoms with Crippen LogP contribution in [0.25, 0.3) is 0 Å². The minimum absolute atomic E-state index is 0.111. The molecule has 1 aliphatic heterocycles. The van der Waals surface area contributed by atoms with E-state index in [1.807, 2.05) is 19.1 Å². The molecule has 0 radical (unpaired) electrons. The molecule has 0 bridgehead atoms. The molecule has 2 atom stereocenters. The fourth-order valence-corrected chi connectivity index (χ4v) is 4.05. The molecule has 1 fully saturated rings. The van der Waals surface area contributed by atoms with Crippen molar-refractivity contribution in [3.05, 3.63) is 24.2 Å². The summed E-state index contributed by atoms with van der Waals surface area (Å²) < 4.78 is 28.3. The minimum Gasteiger partial charge on any atom is -0.468 e. The van der Waals surface area contributed by atoms with Crippen LogP contribution >= 0.6 is 0 Å². The van der Waals surface area contributed by atoms with E-state index in [-0.39, 0.29) is 23.6 Å². The summed E-state index contributed by atoms with van der Waals surface area (Å²) in [6, 6.07) is 4.12. The zero-order chi connectivity index (χ0) is 13.9. The fraction of sp³-hybridized carbons (Fsp3) is 0.692. The molecule has 19 heavy (non-hydrogen) atoms. The molecule has 108 valence electrons. The Balaban J connectivity index is 1.74. The summed E-state index contributed by atoms with van der Waals surface area (Å²) in [5.74, 6) is 1.49. The summed E-state index contributed by atoms with van der Waals surface area (Å²) in [6.07, 6.45) is 1.67. The van der Waals surface area contributed by atoms with E-state index in [0.717, 1.165) is 18.8 Å². The molecule has 2 unspecified atom stereocenters. The van der Waals surface area contributed by atoms with Crippen molar-refractivity contribution >= 4 is 9.84 Å². The van der Waals surface area contributed by atoms with Crippen molar-refractivity contribution < 1.29 is 12.8 Å². The van der Waals surface area contributed by atoms with Crippen LogP contribution in [0.15, 0.2) is 22.8 Å². The van der Waals surface area contributed by atoms with Gasteiger partial charge in [0.2, 0.25) is 0 Å². The van der Waals surface area contributed by atoms with Gasteiger partial charge in [-0.15, -0.1) is 0 Å². The number of hydrogen-bond donors (Lipinski definition) is 1. The average Bonchev–Trinajstić information content (AvgIpc) is 2.84. The molecule has 1 saturated heterocycles. The molecular formula is C13H22N2O3S. The maximum absolute atomic E-state index is 11.5. The predicted molar refractivity (Wildman–Crippen MR) is 74.8 cm³/mol. The van der Waals surface area contributed by atoms with Crippen LogP contribution in [-0.2, 0) is 9.84 Å². The number of sulfone groups is 1. The van der Waals surface area contributed by atoms with Gasteiger partial charge in [0.05, 0.1) is 23.8 Å². The maximum Gasteiger partial charge on any atom is 0.153 e. The molecule has 1 aliphatic rings. The van der Waals surface area contributed by atoms with E-state index in [1.54, 1.807) is 6.26 Å². The van der Waals surface area contributed by atoms with Crippen molar-refractivity contribution in [2.24, 2.45) is 0 Å². The molecule has 0 aliphatic carbocycles. The van der Waals surface area contributed by atoms with Crippen molar-refractivity contribution in [3.8, 4) is 0 Å². The van der Waals surface area contributed by atoms with Gasteiger partial charge in [0.15, 0.2) is 9.84 Å². The van der Waals surface area contributed by atoms with E-state index in [2.05, 4.69) is 17.1 Å². The van der Waals surface area contributed by atoms with Crippen LogP contribution in [0.3, 0.4) is 0 Å². The van der Waals surface area contributed by atoms with Gasteiger partial charge in [0, 0.05) is 25.7 Å². The first kappa shape index (κ1) is 14.6. The Labute approximate surface area is 114 Å². The summed E-state index contributed by atoms with van der Waals surface area (Å²) in [5, 5.41) is 3.39. The number of furan rings is 1. The molecule has 0 saturated carbocycles. The van der Waals surface area contributed by atoms with Crippen molar-refractivity contribution in [3.63, 3.8) is 0 Å². The first-order valence-electron chi connectivity index (χ1n) is 6.69. The van der Waals surface area contributed by atoms with E-state index >= 15 is 0 Å². The molecule has 0 spiro atoms. The number of nitrogens with one attached hydrogen (secondary N) is 1. The lowest BCUT2D eigenvalue weighted by molar-refractivity contribution is 0.223. The highest BCUT2D eigenvalue weighted by atomic mass is 32.2. The van der Waals surface area contributed by atoms with Gasteiger partial charge in [-0.3, -0.25) is 4.90 Å². The lowest BCUT2D eigenvalue weighted by Crippen LogP contribution is -2.49. The first-order chi connectivity index (χ1) is 8.98. The van der Waals surface area contributed by atoms with Crippen LogP contribution in [-0.4, -0.2) is 50.5 Å². The standard InChI is InChI=1S/C13H22N2O3S/c1-11-10-19(16,17)9-7-15(11)6-5-14-12(2)13-4-3-8-18-13/h3-4,8,11-12,14H,5-7,9-10H2,1-2H3. The Morgan fingerprint density at radius 2 is 2.37 bits per heavy atom. The molecular weight excluding hydrogens is 264 g/mol. The van der Waals surface area contributed by atoms with Gasteiger partial charge in [-0.2, -0.15) is 0 Å². The van der Waals surface area contributed by atoms with Gasteiger partial charge in [-0.25, -0.2) is 8.42 Å². The lowest BCUT2D eigenvalue weighted by atomic mass is 10.2. The van der Waals surface area contributed by atoms with Crippen molar-refractivity contribution in [1.29, 1.82) is 0 Å². The Morgan fingerprint density at radius 3 is 3.00 bits per heavy atom. The molecule has 0 amide bonds. The molecule has 2 rings (SSSR count). The second kappa shape index (κ2) is 6.07. The highest BCUT2D eigenvalue weighted by molar-refractivity contribution is 7.91. The summed E-state index contributed by atoms with van der Waals surface area (Å²) in [5.41, 5.74) is 0. The zero-order valence-corrected chi connectivity index (χ0v) is 12.3. The first-order valence-corrected chi connectivity index (χ1v) is 8.51. The third-order valence-electron chi connectivity index (χ3n) is 3.63.